The van der Waals surface area contributed by atoms with Crippen molar-refractivity contribution in [2.75, 3.05) is 13.3 Å². The molecular weight excluding hydrogens is 340 g/mol. The quantitative estimate of drug-likeness (QED) is 0.816. The summed E-state index contributed by atoms with van der Waals surface area (Å²) >= 11 is 0. The lowest BCUT2D eigenvalue weighted by Crippen LogP contribution is -2.49. The highest BCUT2D eigenvalue weighted by Crippen LogP contribution is 2.45. The minimum atomic E-state index is -3.24. The lowest BCUT2D eigenvalue weighted by Gasteiger charge is -2.43. The van der Waals surface area contributed by atoms with Crippen molar-refractivity contribution in [1.29, 1.82) is 0 Å². The number of hydrogen-bond donors (Lipinski definition) is 0. The monoisotopic (exact) mass is 362 g/mol. The van der Waals surface area contributed by atoms with Crippen molar-refractivity contribution in [2.45, 2.75) is 43.0 Å². The zero-order valence-corrected chi connectivity index (χ0v) is 15.5. The molecule has 0 bridgehead atoms. The number of likely N-dealkylation sites (N-methyl/N-ethyl adjacent to an activating group) is 1. The van der Waals surface area contributed by atoms with E-state index in [2.05, 4.69) is 5.16 Å². The molecular formula is C18H22N2O4S. The number of nitrogens with zero attached hydrogens (tertiary/aromatic N) is 2. The first-order chi connectivity index (χ1) is 11.7. The predicted molar refractivity (Wildman–Crippen MR) is 92.8 cm³/mol. The molecule has 2 aromatic rings. The second kappa shape index (κ2) is 6.29. The average Bonchev–Trinajstić information content (AvgIpc) is 2.90. The van der Waals surface area contributed by atoms with E-state index in [1.165, 1.54) is 6.26 Å². The minimum Gasteiger partial charge on any atom is -0.359 e. The minimum absolute atomic E-state index is 0.0277. The van der Waals surface area contributed by atoms with Gasteiger partial charge in [-0.1, -0.05) is 23.7 Å². The molecule has 7 heteroatoms. The molecule has 1 fully saturated rings. The number of hydrogen-bond acceptors (Lipinski definition) is 5. The van der Waals surface area contributed by atoms with Gasteiger partial charge in [-0.25, -0.2) is 8.42 Å². The third-order valence-electron chi connectivity index (χ3n) is 4.87. The highest BCUT2D eigenvalue weighted by Gasteiger charge is 2.47. The molecule has 0 saturated heterocycles. The maximum atomic E-state index is 13.1. The Morgan fingerprint density at radius 2 is 1.92 bits per heavy atom. The van der Waals surface area contributed by atoms with E-state index in [0.717, 1.165) is 30.5 Å². The molecule has 0 radical (unpaired) electrons. The maximum Gasteiger partial charge on any atom is 0.233 e. The second-order valence-corrected chi connectivity index (χ2v) is 8.84. The predicted octanol–water partition coefficient (Wildman–Crippen LogP) is 2.47. The molecule has 1 aromatic heterocycles. The van der Waals surface area contributed by atoms with E-state index in [0.29, 0.717) is 12.3 Å². The molecule has 0 unspecified atom stereocenters. The Kier molecular flexibility index (Phi) is 4.45. The Morgan fingerprint density at radius 3 is 2.36 bits per heavy atom. The van der Waals surface area contributed by atoms with Crippen molar-refractivity contribution >= 4 is 15.7 Å². The summed E-state index contributed by atoms with van der Waals surface area (Å²) in [6, 6.07) is 8.51. The van der Waals surface area contributed by atoms with Gasteiger partial charge in [0.05, 0.1) is 22.5 Å². The Bertz CT molecular complexity index is 880. The van der Waals surface area contributed by atoms with Gasteiger partial charge in [0.1, 0.15) is 0 Å². The number of amides is 1. The molecule has 3 rings (SSSR count). The summed E-state index contributed by atoms with van der Waals surface area (Å²) in [6.45, 7) is 2.20. The Labute approximate surface area is 147 Å². The summed E-state index contributed by atoms with van der Waals surface area (Å²) in [5.74, 6) is 0.676. The van der Waals surface area contributed by atoms with E-state index in [-0.39, 0.29) is 10.8 Å². The van der Waals surface area contributed by atoms with Crippen LogP contribution in [0.5, 0.6) is 0 Å². The smallest absolute Gasteiger partial charge is 0.233 e. The van der Waals surface area contributed by atoms with Gasteiger partial charge in [0.2, 0.25) is 5.91 Å². The van der Waals surface area contributed by atoms with Crippen LogP contribution in [0.3, 0.4) is 0 Å². The zero-order chi connectivity index (χ0) is 18.2. The van der Waals surface area contributed by atoms with E-state index in [9.17, 15) is 13.2 Å². The maximum absolute atomic E-state index is 13.1. The number of rotatable bonds is 5. The molecule has 0 atom stereocenters. The van der Waals surface area contributed by atoms with Crippen molar-refractivity contribution in [3.8, 4) is 0 Å². The zero-order valence-electron chi connectivity index (χ0n) is 14.7. The highest BCUT2D eigenvalue weighted by atomic mass is 32.2. The summed E-state index contributed by atoms with van der Waals surface area (Å²) in [5.41, 5.74) is 1.09. The normalized spacial score (nSPS) is 16.3. The summed E-state index contributed by atoms with van der Waals surface area (Å²) in [7, 11) is -1.49. The third kappa shape index (κ3) is 3.33. The van der Waals surface area contributed by atoms with Crippen LogP contribution in [0.15, 0.2) is 39.8 Å². The van der Waals surface area contributed by atoms with Crippen molar-refractivity contribution in [1.82, 2.24) is 10.1 Å². The Morgan fingerprint density at radius 1 is 1.28 bits per heavy atom. The van der Waals surface area contributed by atoms with Gasteiger partial charge in [0, 0.05) is 19.4 Å². The molecule has 1 amide bonds. The molecule has 1 aliphatic rings. The number of carbonyl (C=O) groups is 1. The summed E-state index contributed by atoms with van der Waals surface area (Å²) < 4.78 is 28.5. The summed E-state index contributed by atoms with van der Waals surface area (Å²) in [5, 5.41) is 3.85. The van der Waals surface area contributed by atoms with Gasteiger partial charge >= 0.3 is 0 Å². The molecule has 1 heterocycles. The van der Waals surface area contributed by atoms with Crippen LogP contribution < -0.4 is 0 Å². The van der Waals surface area contributed by atoms with Gasteiger partial charge in [-0.05, 0) is 37.5 Å². The van der Waals surface area contributed by atoms with Gasteiger partial charge in [0.15, 0.2) is 15.6 Å². The first-order valence-corrected chi connectivity index (χ1v) is 10.1. The summed E-state index contributed by atoms with van der Waals surface area (Å²) in [6.07, 6.45) is 3.70. The molecule has 25 heavy (non-hydrogen) atoms. The van der Waals surface area contributed by atoms with E-state index in [4.69, 9.17) is 4.52 Å². The van der Waals surface area contributed by atoms with Crippen LogP contribution in [0, 0.1) is 6.92 Å². The van der Waals surface area contributed by atoms with Crippen LogP contribution in [0.4, 0.5) is 0 Å². The SMILES string of the molecule is Cc1cc(CN(C)C(=O)C2(c3ccc(S(C)(=O)=O)cc3)CCC2)on1. The third-order valence-corrected chi connectivity index (χ3v) is 6.00. The number of aryl methyl sites for hydroxylation is 1. The van der Waals surface area contributed by atoms with Gasteiger partial charge in [-0.2, -0.15) is 0 Å². The van der Waals surface area contributed by atoms with Crippen molar-refractivity contribution < 1.29 is 17.7 Å². The highest BCUT2D eigenvalue weighted by molar-refractivity contribution is 7.90. The molecule has 134 valence electrons. The fourth-order valence-electron chi connectivity index (χ4n) is 3.34. The van der Waals surface area contributed by atoms with Crippen LogP contribution in [0.25, 0.3) is 0 Å². The van der Waals surface area contributed by atoms with Crippen LogP contribution >= 0.6 is 0 Å². The number of benzene rings is 1. The largest absolute Gasteiger partial charge is 0.359 e. The molecule has 0 spiro atoms. The van der Waals surface area contributed by atoms with E-state index in [1.54, 1.807) is 36.2 Å². The fraction of sp³-hybridized carbons (Fsp3) is 0.444. The fourth-order valence-corrected chi connectivity index (χ4v) is 3.97. The molecule has 0 aliphatic heterocycles. The van der Waals surface area contributed by atoms with Gasteiger partial charge in [-0.15, -0.1) is 0 Å². The summed E-state index contributed by atoms with van der Waals surface area (Å²) in [4.78, 5) is 15.0. The van der Waals surface area contributed by atoms with Gasteiger partial charge in [0.25, 0.3) is 0 Å². The first kappa shape index (κ1) is 17.7. The lowest BCUT2D eigenvalue weighted by molar-refractivity contribution is -0.140. The van der Waals surface area contributed by atoms with Crippen molar-refractivity contribution in [2.24, 2.45) is 0 Å². The van der Waals surface area contributed by atoms with Crippen LogP contribution in [0.1, 0.15) is 36.3 Å². The molecule has 0 N–H and O–H groups in total. The average molecular weight is 362 g/mol. The van der Waals surface area contributed by atoms with E-state index in [1.807, 2.05) is 13.0 Å². The second-order valence-electron chi connectivity index (χ2n) is 6.83. The van der Waals surface area contributed by atoms with Crippen molar-refractivity contribution in [3.63, 3.8) is 0 Å². The van der Waals surface area contributed by atoms with Gasteiger partial charge < -0.3 is 9.42 Å². The Hall–Kier alpha value is -2.15. The number of carbonyl (C=O) groups excluding carboxylic acids is 1. The van der Waals surface area contributed by atoms with E-state index >= 15 is 0 Å². The molecule has 6 nitrogen and oxygen atoms in total. The van der Waals surface area contributed by atoms with Crippen LogP contribution in [-0.4, -0.2) is 37.7 Å². The molecule has 1 saturated carbocycles. The standard InChI is InChI=1S/C18H22N2O4S/c1-13-11-15(24-19-13)12-20(2)17(21)18(9-4-10-18)14-5-7-16(8-6-14)25(3,22)23/h5-8,11H,4,9-10,12H2,1-3H3. The van der Waals surface area contributed by atoms with Gasteiger partial charge in [-0.3, -0.25) is 4.79 Å². The first-order valence-electron chi connectivity index (χ1n) is 8.21. The lowest BCUT2D eigenvalue weighted by atomic mass is 9.63. The van der Waals surface area contributed by atoms with Crippen LogP contribution in [0.2, 0.25) is 0 Å². The molecule has 1 aromatic carbocycles. The molecule has 1 aliphatic carbocycles. The Balaban J connectivity index is 1.83. The topological polar surface area (TPSA) is 80.5 Å². The van der Waals surface area contributed by atoms with Crippen LogP contribution in [-0.2, 0) is 26.6 Å². The van der Waals surface area contributed by atoms with E-state index < -0.39 is 15.3 Å². The van der Waals surface area contributed by atoms with Crippen molar-refractivity contribution in [3.05, 3.63) is 47.3 Å². The number of sulfone groups is 1. The number of aromatic nitrogens is 1.